The molecule has 0 aromatic heterocycles. The zero-order valence-electron chi connectivity index (χ0n) is 11.3. The van der Waals surface area contributed by atoms with Crippen molar-refractivity contribution in [2.45, 2.75) is 45.1 Å². The Labute approximate surface area is 121 Å². The highest BCUT2D eigenvalue weighted by Crippen LogP contribution is 2.47. The van der Waals surface area contributed by atoms with E-state index in [2.05, 4.69) is 24.8 Å². The Kier molecular flexibility index (Phi) is 6.16. The largest absolute Gasteiger partial charge is 0.508 e. The molecule has 0 spiro atoms. The highest BCUT2D eigenvalue weighted by atomic mass is 79.9. The fourth-order valence-electron chi connectivity index (χ4n) is 2.74. The Morgan fingerprint density at radius 2 is 1.78 bits per heavy atom. The molecule has 3 heteroatoms. The molecule has 1 N–H and O–H groups in total. The lowest BCUT2D eigenvalue weighted by Crippen LogP contribution is -2.28. The molecule has 1 aromatic carbocycles. The number of aromatic hydroxyl groups is 1. The van der Waals surface area contributed by atoms with Crippen LogP contribution in [0.25, 0.3) is 0 Å². The van der Waals surface area contributed by atoms with Crippen molar-refractivity contribution < 1.29 is 5.11 Å². The highest BCUT2D eigenvalue weighted by Gasteiger charge is 2.43. The van der Waals surface area contributed by atoms with Gasteiger partial charge in [0.25, 0.3) is 0 Å². The van der Waals surface area contributed by atoms with Gasteiger partial charge in [-0.05, 0) is 44.0 Å². The molecule has 0 amide bonds. The van der Waals surface area contributed by atoms with Crippen LogP contribution in [0, 0.1) is 0 Å². The maximum atomic E-state index is 9.86. The Morgan fingerprint density at radius 3 is 2.33 bits per heavy atom. The number of rotatable bonds is 6. The summed E-state index contributed by atoms with van der Waals surface area (Å²) in [6.45, 7) is 6.84. The summed E-state index contributed by atoms with van der Waals surface area (Å²) in [5.74, 6) is 1.02. The Hall–Kier alpha value is -0.540. The van der Waals surface area contributed by atoms with E-state index in [1.165, 1.54) is 32.4 Å². The molecule has 2 nitrogen and oxygen atoms in total. The lowest BCUT2D eigenvalue weighted by molar-refractivity contribution is 0.259. The van der Waals surface area contributed by atoms with Crippen molar-refractivity contribution in [3.05, 3.63) is 29.8 Å². The standard InChI is InChI=1S/C15H23NO.BrH/c1-3-9-16(10-4-2)14-11-13(14)12-7-5-6-8-15(12)17;/h5-8,13-14,17H,3-4,9-11H2,1-2H3;1H/t13-,14-;/m0./s1. The van der Waals surface area contributed by atoms with Crippen molar-refractivity contribution in [2.75, 3.05) is 13.1 Å². The number of nitrogens with zero attached hydrogens (tertiary/aromatic N) is 1. The zero-order chi connectivity index (χ0) is 12.3. The third kappa shape index (κ3) is 3.48. The average molecular weight is 314 g/mol. The monoisotopic (exact) mass is 313 g/mol. The van der Waals surface area contributed by atoms with Gasteiger partial charge in [0.1, 0.15) is 5.75 Å². The van der Waals surface area contributed by atoms with Gasteiger partial charge in [0, 0.05) is 12.0 Å². The number of halogens is 1. The summed E-state index contributed by atoms with van der Waals surface area (Å²) < 4.78 is 0. The number of para-hydroxylation sites is 1. The van der Waals surface area contributed by atoms with E-state index in [1.807, 2.05) is 12.1 Å². The minimum absolute atomic E-state index is 0. The molecule has 2 atom stereocenters. The topological polar surface area (TPSA) is 23.5 Å². The van der Waals surface area contributed by atoms with Gasteiger partial charge in [-0.25, -0.2) is 0 Å². The third-order valence-electron chi connectivity index (χ3n) is 3.58. The molecular formula is C15H24BrNO. The van der Waals surface area contributed by atoms with Crippen LogP contribution < -0.4 is 0 Å². The normalized spacial score (nSPS) is 21.7. The summed E-state index contributed by atoms with van der Waals surface area (Å²) in [4.78, 5) is 2.58. The fraction of sp³-hybridized carbons (Fsp3) is 0.600. The zero-order valence-corrected chi connectivity index (χ0v) is 13.0. The highest BCUT2D eigenvalue weighted by molar-refractivity contribution is 8.93. The first-order valence-corrected chi connectivity index (χ1v) is 6.79. The van der Waals surface area contributed by atoms with Gasteiger partial charge in [-0.3, -0.25) is 4.90 Å². The summed E-state index contributed by atoms with van der Waals surface area (Å²) in [5.41, 5.74) is 1.13. The van der Waals surface area contributed by atoms with E-state index >= 15 is 0 Å². The Bertz CT molecular complexity index is 363. The lowest BCUT2D eigenvalue weighted by Gasteiger charge is -2.21. The van der Waals surface area contributed by atoms with Crippen LogP contribution in [0.2, 0.25) is 0 Å². The summed E-state index contributed by atoms with van der Waals surface area (Å²) in [6, 6.07) is 8.44. The SMILES string of the molecule is Br.CCCN(CCC)[C@H]1C[C@H]1c1ccccc1O. The molecule has 0 radical (unpaired) electrons. The third-order valence-corrected chi connectivity index (χ3v) is 3.58. The van der Waals surface area contributed by atoms with Gasteiger partial charge in [0.15, 0.2) is 0 Å². The molecule has 102 valence electrons. The molecule has 18 heavy (non-hydrogen) atoms. The van der Waals surface area contributed by atoms with Crippen LogP contribution in [0.15, 0.2) is 24.3 Å². The number of phenols is 1. The van der Waals surface area contributed by atoms with Gasteiger partial charge in [0.2, 0.25) is 0 Å². The van der Waals surface area contributed by atoms with Crippen molar-refractivity contribution in [3.8, 4) is 5.75 Å². The minimum Gasteiger partial charge on any atom is -0.508 e. The van der Waals surface area contributed by atoms with E-state index in [1.54, 1.807) is 6.07 Å². The number of hydrogen-bond acceptors (Lipinski definition) is 2. The van der Waals surface area contributed by atoms with Crippen molar-refractivity contribution in [3.63, 3.8) is 0 Å². The van der Waals surface area contributed by atoms with Crippen LogP contribution in [0.4, 0.5) is 0 Å². The van der Waals surface area contributed by atoms with Crippen molar-refractivity contribution in [1.82, 2.24) is 4.90 Å². The Balaban J connectivity index is 0.00000162. The molecule has 1 fully saturated rings. The molecular weight excluding hydrogens is 290 g/mol. The van der Waals surface area contributed by atoms with Gasteiger partial charge in [-0.2, -0.15) is 0 Å². The summed E-state index contributed by atoms with van der Waals surface area (Å²) in [5, 5.41) is 9.86. The summed E-state index contributed by atoms with van der Waals surface area (Å²) >= 11 is 0. The van der Waals surface area contributed by atoms with Crippen LogP contribution in [0.3, 0.4) is 0 Å². The molecule has 0 heterocycles. The second-order valence-electron chi connectivity index (χ2n) is 5.00. The minimum atomic E-state index is 0. The average Bonchev–Trinajstić information content (AvgIpc) is 3.09. The van der Waals surface area contributed by atoms with E-state index in [-0.39, 0.29) is 17.0 Å². The second-order valence-corrected chi connectivity index (χ2v) is 5.00. The van der Waals surface area contributed by atoms with E-state index in [0.717, 1.165) is 5.56 Å². The van der Waals surface area contributed by atoms with E-state index in [0.29, 0.717) is 17.7 Å². The molecule has 0 aliphatic heterocycles. The van der Waals surface area contributed by atoms with Crippen LogP contribution >= 0.6 is 17.0 Å². The molecule has 1 aliphatic rings. The van der Waals surface area contributed by atoms with Gasteiger partial charge in [-0.1, -0.05) is 32.0 Å². The summed E-state index contributed by atoms with van der Waals surface area (Å²) in [7, 11) is 0. The van der Waals surface area contributed by atoms with Crippen LogP contribution in [-0.4, -0.2) is 29.1 Å². The number of hydrogen-bond donors (Lipinski definition) is 1. The predicted molar refractivity (Wildman–Crippen MR) is 81.7 cm³/mol. The van der Waals surface area contributed by atoms with Crippen LogP contribution in [-0.2, 0) is 0 Å². The van der Waals surface area contributed by atoms with Gasteiger partial charge >= 0.3 is 0 Å². The smallest absolute Gasteiger partial charge is 0.119 e. The van der Waals surface area contributed by atoms with Crippen molar-refractivity contribution in [2.24, 2.45) is 0 Å². The molecule has 0 saturated heterocycles. The molecule has 1 aliphatic carbocycles. The Morgan fingerprint density at radius 1 is 1.17 bits per heavy atom. The first-order valence-electron chi connectivity index (χ1n) is 6.79. The lowest BCUT2D eigenvalue weighted by atomic mass is 10.1. The second kappa shape index (κ2) is 7.15. The van der Waals surface area contributed by atoms with Crippen molar-refractivity contribution >= 4 is 17.0 Å². The maximum Gasteiger partial charge on any atom is 0.119 e. The van der Waals surface area contributed by atoms with Gasteiger partial charge in [-0.15, -0.1) is 17.0 Å². The molecule has 1 saturated carbocycles. The molecule has 2 rings (SSSR count). The molecule has 0 bridgehead atoms. The van der Waals surface area contributed by atoms with E-state index in [9.17, 15) is 5.11 Å². The maximum absolute atomic E-state index is 9.86. The first kappa shape index (κ1) is 15.5. The summed E-state index contributed by atoms with van der Waals surface area (Å²) in [6.07, 6.45) is 3.63. The number of phenolic OH excluding ortho intramolecular Hbond substituents is 1. The predicted octanol–water partition coefficient (Wildman–Crippen LogP) is 3.95. The van der Waals surface area contributed by atoms with Crippen LogP contribution in [0.1, 0.15) is 44.6 Å². The number of benzene rings is 1. The molecule has 0 unspecified atom stereocenters. The molecule has 1 aromatic rings. The van der Waals surface area contributed by atoms with Gasteiger partial charge < -0.3 is 5.11 Å². The van der Waals surface area contributed by atoms with E-state index < -0.39 is 0 Å². The van der Waals surface area contributed by atoms with Crippen molar-refractivity contribution in [1.29, 1.82) is 0 Å². The first-order chi connectivity index (χ1) is 8.27. The quantitative estimate of drug-likeness (QED) is 0.859. The fourth-order valence-corrected chi connectivity index (χ4v) is 2.74. The van der Waals surface area contributed by atoms with Crippen LogP contribution in [0.5, 0.6) is 5.75 Å². The van der Waals surface area contributed by atoms with E-state index in [4.69, 9.17) is 0 Å². The van der Waals surface area contributed by atoms with Gasteiger partial charge in [0.05, 0.1) is 0 Å².